The number of hydrogen-bond donors (Lipinski definition) is 0. The summed E-state index contributed by atoms with van der Waals surface area (Å²) in [7, 11) is 0. The summed E-state index contributed by atoms with van der Waals surface area (Å²) in [4.78, 5) is 127. The molecule has 4 aliphatic heterocycles. The minimum atomic E-state index is -0.814. The van der Waals surface area contributed by atoms with Crippen LogP contribution in [0.3, 0.4) is 0 Å². The summed E-state index contributed by atoms with van der Waals surface area (Å²) in [5.74, 6) is -2.94. The molecule has 12 heteroatoms. The molecule has 0 bridgehead atoms. The normalized spacial score (nSPS) is 17.7. The molecule has 92 heavy (non-hydrogen) atoms. The van der Waals surface area contributed by atoms with Crippen molar-refractivity contribution in [3.05, 3.63) is 142 Å². The number of rotatable bonds is 24. The van der Waals surface area contributed by atoms with Gasteiger partial charge in [0.25, 0.3) is 47.3 Å². The standard InChI is InChI=1S/C80H80N4O8/c1-5-9-13-17-23-45(24-18-14-10-6-2)81-73(85)55-37-29-47-51-33-41-59-71-60(42-34-52(67(51)71)48-30-38-56(74(81)86)69(55)65(47)48)78(90)83(77(59)89)63-27-21-22-28-64(63)84-79(91)61-43-35-53-49-31-39-57-70-58(40-32-50(66(49)70)54-36-44-62(80(84)92)72(61)68(53)54)76(88)82(75(57)87)46(25-19-15-11-7-3)26-20-16-12-8-4/h29-46,63-64H,5-28H2,1-4H3/t63-,64-/m1/s1. The number of carbonyl (C=O) groups is 8. The maximum absolute atomic E-state index is 15.5. The number of fused-ring (bicyclic) bond motifs is 4. The van der Waals surface area contributed by atoms with Crippen molar-refractivity contribution in [2.45, 2.75) is 206 Å². The monoisotopic (exact) mass is 1220 g/mol. The van der Waals surface area contributed by atoms with Gasteiger partial charge in [0.1, 0.15) is 0 Å². The molecule has 0 unspecified atom stereocenters. The molecular formula is C80H80N4O8. The lowest BCUT2D eigenvalue weighted by Crippen LogP contribution is -2.60. The van der Waals surface area contributed by atoms with Gasteiger partial charge in [-0.25, -0.2) is 0 Å². The fraction of sp³-hybridized carbons (Fsp3) is 0.400. The maximum Gasteiger partial charge on any atom is 0.261 e. The Kier molecular flexibility index (Phi) is 15.4. The van der Waals surface area contributed by atoms with E-state index >= 15 is 19.2 Å². The highest BCUT2D eigenvalue weighted by molar-refractivity contribution is 6.43. The minimum absolute atomic E-state index is 0.187. The SMILES string of the molecule is CCCCCCC(CCCCCC)N1C(=O)c2ccc3c4ccc5c6c(ccc(c7ccc(c2c37)C1=O)c64)C(=O)N([C@@H]1CCCC[C@H]1N1C(=O)c2ccc3c4ccc6c7c(ccc(c8ccc(c2c38)C1=O)c74)C(=O)N(C(CCCCCC)CCCCCC)C6=O)C5=O. The third-order valence-corrected chi connectivity index (χ3v) is 22.0. The van der Waals surface area contributed by atoms with Crippen LogP contribution in [0.25, 0.3) is 86.2 Å². The second kappa shape index (κ2) is 23.8. The lowest BCUT2D eigenvalue weighted by molar-refractivity contribution is 0.0241. The van der Waals surface area contributed by atoms with Crippen molar-refractivity contribution < 1.29 is 38.4 Å². The predicted octanol–water partition coefficient (Wildman–Crippen LogP) is 18.8. The number of carbonyl (C=O) groups excluding carboxylic acids is 8. The van der Waals surface area contributed by atoms with Crippen molar-refractivity contribution in [3.8, 4) is 0 Å². The van der Waals surface area contributed by atoms with Gasteiger partial charge in [0, 0.05) is 78.1 Å². The first-order valence-corrected chi connectivity index (χ1v) is 34.9. The van der Waals surface area contributed by atoms with Crippen molar-refractivity contribution in [1.82, 2.24) is 19.6 Å². The lowest BCUT2D eigenvalue weighted by atomic mass is 9.80. The molecular weight excluding hydrogens is 1140 g/mol. The average molecular weight is 1230 g/mol. The summed E-state index contributed by atoms with van der Waals surface area (Å²) in [5, 5.41) is 12.1. The molecule has 5 aliphatic rings. The van der Waals surface area contributed by atoms with Crippen LogP contribution in [0.2, 0.25) is 0 Å². The third kappa shape index (κ3) is 8.94. The van der Waals surface area contributed by atoms with Gasteiger partial charge in [-0.05, 0) is 152 Å². The predicted molar refractivity (Wildman–Crippen MR) is 366 cm³/mol. The van der Waals surface area contributed by atoms with Crippen molar-refractivity contribution in [2.75, 3.05) is 0 Å². The molecule has 468 valence electrons. The number of hydrogen-bond acceptors (Lipinski definition) is 8. The minimum Gasteiger partial charge on any atom is -0.271 e. The first kappa shape index (κ1) is 59.7. The van der Waals surface area contributed by atoms with Crippen LogP contribution < -0.4 is 0 Å². The Morgan fingerprint density at radius 2 is 0.478 bits per heavy atom. The van der Waals surface area contributed by atoms with Crippen LogP contribution in [-0.4, -0.2) is 91.0 Å². The first-order valence-electron chi connectivity index (χ1n) is 34.9. The van der Waals surface area contributed by atoms with Crippen LogP contribution >= 0.6 is 0 Å². The van der Waals surface area contributed by atoms with Gasteiger partial charge < -0.3 is 0 Å². The van der Waals surface area contributed by atoms with E-state index in [2.05, 4.69) is 27.7 Å². The van der Waals surface area contributed by atoms with Gasteiger partial charge >= 0.3 is 0 Å². The molecule has 2 atom stereocenters. The van der Waals surface area contributed by atoms with Crippen LogP contribution in [0.15, 0.2) is 97.1 Å². The van der Waals surface area contributed by atoms with E-state index in [1.807, 2.05) is 72.8 Å². The fourth-order valence-electron chi connectivity index (χ4n) is 17.6. The van der Waals surface area contributed by atoms with Gasteiger partial charge in [-0.2, -0.15) is 0 Å². The molecule has 1 fully saturated rings. The smallest absolute Gasteiger partial charge is 0.261 e. The molecule has 10 aromatic carbocycles. The van der Waals surface area contributed by atoms with Crippen LogP contribution in [0.5, 0.6) is 0 Å². The van der Waals surface area contributed by atoms with E-state index in [1.54, 1.807) is 34.1 Å². The fourth-order valence-corrected chi connectivity index (χ4v) is 17.6. The van der Waals surface area contributed by atoms with Gasteiger partial charge in [0.2, 0.25) is 0 Å². The van der Waals surface area contributed by atoms with E-state index in [4.69, 9.17) is 0 Å². The zero-order chi connectivity index (χ0) is 63.4. The Labute approximate surface area is 536 Å². The van der Waals surface area contributed by atoms with E-state index in [0.29, 0.717) is 91.7 Å². The van der Waals surface area contributed by atoms with E-state index in [-0.39, 0.29) is 35.7 Å². The Hall–Kier alpha value is -8.64. The molecule has 8 amide bonds. The first-order chi connectivity index (χ1) is 44.9. The maximum atomic E-state index is 15.5. The number of nitrogens with zero attached hydrogens (tertiary/aromatic N) is 4. The Bertz CT molecular complexity index is 4230. The molecule has 0 aromatic heterocycles. The van der Waals surface area contributed by atoms with Crippen molar-refractivity contribution in [1.29, 1.82) is 0 Å². The second-order valence-corrected chi connectivity index (χ2v) is 27.3. The Balaban J connectivity index is 0.755. The van der Waals surface area contributed by atoms with Gasteiger partial charge in [0.15, 0.2) is 0 Å². The van der Waals surface area contributed by atoms with Crippen LogP contribution in [0, 0.1) is 0 Å². The zero-order valence-corrected chi connectivity index (χ0v) is 53.6. The summed E-state index contributed by atoms with van der Waals surface area (Å²) >= 11 is 0. The highest BCUT2D eigenvalue weighted by atomic mass is 16.2. The summed E-state index contributed by atoms with van der Waals surface area (Å²) in [6.45, 7) is 8.74. The van der Waals surface area contributed by atoms with Gasteiger partial charge in [-0.15, -0.1) is 0 Å². The Morgan fingerprint density at radius 1 is 0.272 bits per heavy atom. The van der Waals surface area contributed by atoms with Gasteiger partial charge in [-0.1, -0.05) is 192 Å². The van der Waals surface area contributed by atoms with Crippen LogP contribution in [-0.2, 0) is 0 Å². The van der Waals surface area contributed by atoms with Crippen LogP contribution in [0.4, 0.5) is 0 Å². The van der Waals surface area contributed by atoms with E-state index < -0.39 is 35.7 Å². The highest BCUT2D eigenvalue weighted by Gasteiger charge is 2.49. The quantitative estimate of drug-likeness (QED) is 0.0251. The van der Waals surface area contributed by atoms with Gasteiger partial charge in [-0.3, -0.25) is 58.0 Å². The molecule has 15 rings (SSSR count). The lowest BCUT2D eigenvalue weighted by Gasteiger charge is -2.45. The third-order valence-electron chi connectivity index (χ3n) is 22.0. The number of amides is 8. The molecule has 0 spiro atoms. The summed E-state index contributed by atoms with van der Waals surface area (Å²) < 4.78 is 0. The van der Waals surface area contributed by atoms with E-state index in [9.17, 15) is 19.2 Å². The van der Waals surface area contributed by atoms with E-state index in [1.165, 1.54) is 9.80 Å². The van der Waals surface area contributed by atoms with Crippen molar-refractivity contribution >= 4 is 133 Å². The average Bonchev–Trinajstić information content (AvgIpc) is 0.696. The molecule has 4 heterocycles. The number of benzene rings is 10. The van der Waals surface area contributed by atoms with E-state index in [0.717, 1.165) is 193 Å². The number of imide groups is 4. The number of unbranched alkanes of at least 4 members (excludes halogenated alkanes) is 12. The van der Waals surface area contributed by atoms with Gasteiger partial charge in [0.05, 0.1) is 12.1 Å². The molecule has 0 N–H and O–H groups in total. The second-order valence-electron chi connectivity index (χ2n) is 27.3. The van der Waals surface area contributed by atoms with Crippen molar-refractivity contribution in [2.24, 2.45) is 0 Å². The molecule has 0 radical (unpaired) electrons. The Morgan fingerprint density at radius 3 is 0.685 bits per heavy atom. The topological polar surface area (TPSA) is 150 Å². The zero-order valence-electron chi connectivity index (χ0n) is 53.6. The highest BCUT2D eigenvalue weighted by Crippen LogP contribution is 2.51. The molecule has 10 aromatic rings. The summed E-state index contributed by atoms with van der Waals surface area (Å²) in [6.07, 6.45) is 22.2. The molecule has 0 saturated heterocycles. The summed E-state index contributed by atoms with van der Waals surface area (Å²) in [5.41, 5.74) is 3.49. The van der Waals surface area contributed by atoms with Crippen LogP contribution in [0.1, 0.15) is 265 Å². The summed E-state index contributed by atoms with van der Waals surface area (Å²) in [6, 6.07) is 28.2. The molecule has 1 aliphatic carbocycles. The molecule has 12 nitrogen and oxygen atoms in total. The van der Waals surface area contributed by atoms with Crippen molar-refractivity contribution in [3.63, 3.8) is 0 Å². The largest absolute Gasteiger partial charge is 0.271 e. The molecule has 1 saturated carbocycles.